The van der Waals surface area contributed by atoms with E-state index in [1.54, 1.807) is 6.20 Å². The largest absolute Gasteiger partial charge is 0.371 e. The average Bonchev–Trinajstić information content (AvgIpc) is 2.06. The molecule has 1 radical (unpaired) electrons. The molecule has 0 aliphatic carbocycles. The van der Waals surface area contributed by atoms with Gasteiger partial charge in [0.2, 0.25) is 0 Å². The minimum Gasteiger partial charge on any atom is -0.371 e. The van der Waals surface area contributed by atoms with Gasteiger partial charge in [0.05, 0.1) is 5.60 Å². The summed E-state index contributed by atoms with van der Waals surface area (Å²) in [6, 6.07) is 4.84. The zero-order valence-corrected chi connectivity index (χ0v) is 7.79. The molecule has 1 aromatic rings. The number of pyridine rings is 1. The molecule has 2 heteroatoms. The minimum absolute atomic E-state index is 0.250. The highest BCUT2D eigenvalue weighted by Crippen LogP contribution is 2.22. The Hall–Kier alpha value is -0.890. The van der Waals surface area contributed by atoms with Crippen molar-refractivity contribution >= 4 is 0 Å². The molecule has 0 unspecified atom stereocenters. The van der Waals surface area contributed by atoms with Crippen LogP contribution in [0.3, 0.4) is 0 Å². The Morgan fingerprint density at radius 1 is 1.58 bits per heavy atom. The lowest BCUT2D eigenvalue weighted by atomic mass is 10.0. The van der Waals surface area contributed by atoms with E-state index in [4.69, 9.17) is 4.74 Å². The normalized spacial score (nSPS) is 11.6. The summed E-state index contributed by atoms with van der Waals surface area (Å²) in [6.07, 6.45) is 3.46. The van der Waals surface area contributed by atoms with Crippen LogP contribution in [0.25, 0.3) is 0 Å². The summed E-state index contributed by atoms with van der Waals surface area (Å²) in [5, 5.41) is 0. The Morgan fingerprint density at radius 2 is 2.33 bits per heavy atom. The van der Waals surface area contributed by atoms with Crippen molar-refractivity contribution in [3.63, 3.8) is 0 Å². The van der Waals surface area contributed by atoms with Crippen molar-refractivity contribution in [2.75, 3.05) is 6.61 Å². The quantitative estimate of drug-likeness (QED) is 0.683. The van der Waals surface area contributed by atoms with E-state index in [-0.39, 0.29) is 5.60 Å². The molecule has 0 spiro atoms. The molecule has 0 aliphatic rings. The monoisotopic (exact) mass is 164 g/mol. The summed E-state index contributed by atoms with van der Waals surface area (Å²) in [5.41, 5.74) is 0.811. The summed E-state index contributed by atoms with van der Waals surface area (Å²) in [7, 11) is 0. The van der Waals surface area contributed by atoms with Crippen molar-refractivity contribution in [2.45, 2.75) is 26.4 Å². The molecule has 0 atom stereocenters. The maximum atomic E-state index is 5.56. The van der Waals surface area contributed by atoms with E-state index in [9.17, 15) is 0 Å². The third-order valence-electron chi connectivity index (χ3n) is 1.80. The molecular formula is C10H14NO. The van der Waals surface area contributed by atoms with Crippen molar-refractivity contribution in [1.29, 1.82) is 0 Å². The lowest BCUT2D eigenvalue weighted by Gasteiger charge is -2.24. The van der Waals surface area contributed by atoms with Gasteiger partial charge in [-0.3, -0.25) is 4.98 Å². The summed E-state index contributed by atoms with van der Waals surface area (Å²) >= 11 is 0. The van der Waals surface area contributed by atoms with Crippen LogP contribution in [0.1, 0.15) is 26.3 Å². The van der Waals surface area contributed by atoms with Crippen molar-refractivity contribution in [3.8, 4) is 0 Å². The van der Waals surface area contributed by atoms with Crippen molar-refractivity contribution in [2.24, 2.45) is 0 Å². The molecule has 0 amide bonds. The third kappa shape index (κ3) is 2.05. The molecule has 0 saturated carbocycles. The summed E-state index contributed by atoms with van der Waals surface area (Å²) < 4.78 is 5.56. The Bertz CT molecular complexity index is 231. The number of rotatable bonds is 3. The highest BCUT2D eigenvalue weighted by Gasteiger charge is 2.19. The van der Waals surface area contributed by atoms with Gasteiger partial charge in [0, 0.05) is 30.6 Å². The Morgan fingerprint density at radius 3 is 2.83 bits per heavy atom. The summed E-state index contributed by atoms with van der Waals surface area (Å²) in [4.78, 5) is 4.00. The molecule has 1 heterocycles. The van der Waals surface area contributed by atoms with Crippen LogP contribution in [-0.4, -0.2) is 11.6 Å². The zero-order valence-electron chi connectivity index (χ0n) is 7.79. The molecule has 1 rings (SSSR count). The Labute approximate surface area is 73.6 Å². The molecule has 0 fully saturated rings. The second-order valence-electron chi connectivity index (χ2n) is 3.12. The maximum absolute atomic E-state index is 5.56. The SMILES string of the molecule is CCOC(C)(C)c1c[c]cnc1. The van der Waals surface area contributed by atoms with Gasteiger partial charge in [-0.05, 0) is 26.8 Å². The second kappa shape index (κ2) is 3.68. The van der Waals surface area contributed by atoms with Gasteiger partial charge in [-0.1, -0.05) is 0 Å². The van der Waals surface area contributed by atoms with Crippen molar-refractivity contribution in [3.05, 3.63) is 30.1 Å². The summed E-state index contributed by atoms with van der Waals surface area (Å²) in [6.45, 7) is 6.76. The molecule has 0 bridgehead atoms. The van der Waals surface area contributed by atoms with Gasteiger partial charge < -0.3 is 4.74 Å². The van der Waals surface area contributed by atoms with E-state index >= 15 is 0 Å². The fourth-order valence-corrected chi connectivity index (χ4v) is 1.10. The first-order chi connectivity index (χ1) is 5.67. The molecule has 65 valence electrons. The first kappa shape index (κ1) is 9.20. The number of ether oxygens (including phenoxy) is 1. The van der Waals surface area contributed by atoms with Crippen LogP contribution in [0.4, 0.5) is 0 Å². The molecule has 0 N–H and O–H groups in total. The van der Waals surface area contributed by atoms with E-state index in [0.29, 0.717) is 6.61 Å². The number of aromatic nitrogens is 1. The van der Waals surface area contributed by atoms with Crippen molar-refractivity contribution < 1.29 is 4.74 Å². The topological polar surface area (TPSA) is 22.1 Å². The van der Waals surface area contributed by atoms with Crippen LogP contribution in [-0.2, 0) is 10.3 Å². The first-order valence-electron chi connectivity index (χ1n) is 4.12. The van der Waals surface area contributed by atoms with Gasteiger partial charge >= 0.3 is 0 Å². The maximum Gasteiger partial charge on any atom is 0.0890 e. The molecule has 1 aromatic heterocycles. The Balaban J connectivity index is 2.82. The number of nitrogens with zero attached hydrogens (tertiary/aromatic N) is 1. The van der Waals surface area contributed by atoms with Crippen LogP contribution in [0.2, 0.25) is 0 Å². The van der Waals surface area contributed by atoms with Gasteiger partial charge in [0.15, 0.2) is 0 Å². The number of hydrogen-bond donors (Lipinski definition) is 0. The third-order valence-corrected chi connectivity index (χ3v) is 1.80. The fraction of sp³-hybridized carbons (Fsp3) is 0.500. The van der Waals surface area contributed by atoms with Gasteiger partial charge in [0.25, 0.3) is 0 Å². The first-order valence-corrected chi connectivity index (χ1v) is 4.12. The van der Waals surface area contributed by atoms with Crippen LogP contribution >= 0.6 is 0 Å². The molecule has 0 aromatic carbocycles. The highest BCUT2D eigenvalue weighted by molar-refractivity contribution is 5.15. The second-order valence-corrected chi connectivity index (χ2v) is 3.12. The fourth-order valence-electron chi connectivity index (χ4n) is 1.10. The minimum atomic E-state index is -0.250. The highest BCUT2D eigenvalue weighted by atomic mass is 16.5. The number of hydrogen-bond acceptors (Lipinski definition) is 2. The van der Waals surface area contributed by atoms with Crippen LogP contribution in [0.15, 0.2) is 18.5 Å². The van der Waals surface area contributed by atoms with Crippen LogP contribution in [0, 0.1) is 6.07 Å². The molecular weight excluding hydrogens is 150 g/mol. The Kier molecular flexibility index (Phi) is 2.82. The van der Waals surface area contributed by atoms with E-state index < -0.39 is 0 Å². The van der Waals surface area contributed by atoms with Gasteiger partial charge in [0.1, 0.15) is 0 Å². The average molecular weight is 164 g/mol. The molecule has 0 aliphatic heterocycles. The molecule has 12 heavy (non-hydrogen) atoms. The van der Waals surface area contributed by atoms with E-state index in [2.05, 4.69) is 11.1 Å². The van der Waals surface area contributed by atoms with Crippen LogP contribution < -0.4 is 0 Å². The van der Waals surface area contributed by atoms with Crippen LogP contribution in [0.5, 0.6) is 0 Å². The summed E-state index contributed by atoms with van der Waals surface area (Å²) in [5.74, 6) is 0. The lowest BCUT2D eigenvalue weighted by Crippen LogP contribution is -2.21. The van der Waals surface area contributed by atoms with Gasteiger partial charge in [-0.2, -0.15) is 0 Å². The van der Waals surface area contributed by atoms with E-state index in [1.807, 2.05) is 33.0 Å². The standard InChI is InChI=1S/C10H14NO/c1-4-12-10(2,3)9-6-5-7-11-8-9/h6-8H,4H2,1-3H3. The van der Waals surface area contributed by atoms with Gasteiger partial charge in [-0.15, -0.1) is 0 Å². The van der Waals surface area contributed by atoms with E-state index in [0.717, 1.165) is 5.56 Å². The molecule has 0 saturated heterocycles. The lowest BCUT2D eigenvalue weighted by molar-refractivity contribution is -0.0142. The van der Waals surface area contributed by atoms with Crippen molar-refractivity contribution in [1.82, 2.24) is 4.98 Å². The van der Waals surface area contributed by atoms with Gasteiger partial charge in [-0.25, -0.2) is 0 Å². The predicted octanol–water partition coefficient (Wildman–Crippen LogP) is 2.15. The van der Waals surface area contributed by atoms with E-state index in [1.165, 1.54) is 0 Å². The zero-order chi connectivity index (χ0) is 9.03. The smallest absolute Gasteiger partial charge is 0.0890 e. The molecule has 2 nitrogen and oxygen atoms in total. The predicted molar refractivity (Wildman–Crippen MR) is 47.7 cm³/mol.